The van der Waals surface area contributed by atoms with Crippen LogP contribution in [0.4, 0.5) is 0 Å². The minimum Gasteiger partial charge on any atom is -0.228 e. The zero-order valence-corrected chi connectivity index (χ0v) is 19.9. The Morgan fingerprint density at radius 2 is 1.26 bits per heavy atom. The summed E-state index contributed by atoms with van der Waals surface area (Å²) in [6.07, 6.45) is 0. The van der Waals surface area contributed by atoms with Gasteiger partial charge in [0.15, 0.2) is 5.82 Å². The van der Waals surface area contributed by atoms with Gasteiger partial charge in [-0.2, -0.15) is 0 Å². The molecule has 0 saturated heterocycles. The van der Waals surface area contributed by atoms with Gasteiger partial charge in [0.2, 0.25) is 0 Å². The predicted molar refractivity (Wildman–Crippen MR) is 143 cm³/mol. The molecular weight excluding hydrogens is 432 g/mol. The molecule has 7 rings (SSSR count). The summed E-state index contributed by atoms with van der Waals surface area (Å²) in [7, 11) is 0. The van der Waals surface area contributed by atoms with E-state index in [4.69, 9.17) is 9.97 Å². The Morgan fingerprint density at radius 1 is 0.618 bits per heavy atom. The van der Waals surface area contributed by atoms with Gasteiger partial charge in [-0.05, 0) is 11.6 Å². The van der Waals surface area contributed by atoms with E-state index in [2.05, 4.69) is 105 Å². The van der Waals surface area contributed by atoms with Crippen molar-refractivity contribution < 1.29 is 0 Å². The highest BCUT2D eigenvalue weighted by Gasteiger charge is 2.40. The van der Waals surface area contributed by atoms with E-state index in [0.717, 1.165) is 22.8 Å². The molecule has 2 nitrogen and oxygen atoms in total. The molecule has 0 radical (unpaired) electrons. The molecule has 0 fully saturated rings. The first kappa shape index (κ1) is 19.6. The summed E-state index contributed by atoms with van der Waals surface area (Å²) in [6.45, 7) is 4.61. The van der Waals surface area contributed by atoms with Crippen LogP contribution >= 0.6 is 11.3 Å². The summed E-state index contributed by atoms with van der Waals surface area (Å²) in [5, 5.41) is 2.60. The maximum absolute atomic E-state index is 5.28. The van der Waals surface area contributed by atoms with Crippen molar-refractivity contribution in [3.8, 4) is 33.9 Å². The molecule has 162 valence electrons. The normalized spacial score (nSPS) is 13.8. The molecule has 1 aliphatic rings. The maximum atomic E-state index is 5.28. The number of benzene rings is 4. The van der Waals surface area contributed by atoms with Crippen LogP contribution in [0.3, 0.4) is 0 Å². The van der Waals surface area contributed by atoms with Crippen LogP contribution in [-0.2, 0) is 5.41 Å². The molecule has 0 N–H and O–H groups in total. The zero-order chi connectivity index (χ0) is 22.9. The van der Waals surface area contributed by atoms with Crippen molar-refractivity contribution in [2.75, 3.05) is 0 Å². The predicted octanol–water partition coefficient (Wildman–Crippen LogP) is 8.48. The van der Waals surface area contributed by atoms with E-state index < -0.39 is 0 Å². The minimum absolute atomic E-state index is 0.185. The largest absolute Gasteiger partial charge is 0.228 e. The fourth-order valence-corrected chi connectivity index (χ4v) is 6.68. The average Bonchev–Trinajstić information content (AvgIpc) is 3.37. The molecule has 34 heavy (non-hydrogen) atoms. The van der Waals surface area contributed by atoms with Crippen LogP contribution in [0.5, 0.6) is 0 Å². The van der Waals surface area contributed by atoms with Gasteiger partial charge in [-0.15, -0.1) is 11.3 Å². The molecule has 0 spiro atoms. The summed E-state index contributed by atoms with van der Waals surface area (Å²) >= 11 is 1.85. The fourth-order valence-electron chi connectivity index (χ4n) is 5.46. The Labute approximate surface area is 202 Å². The number of aromatic nitrogens is 2. The van der Waals surface area contributed by atoms with E-state index in [0.29, 0.717) is 0 Å². The van der Waals surface area contributed by atoms with Crippen LogP contribution in [0.25, 0.3) is 54.1 Å². The molecule has 0 aliphatic heterocycles. The van der Waals surface area contributed by atoms with Gasteiger partial charge < -0.3 is 0 Å². The molecular formula is C31H22N2S. The van der Waals surface area contributed by atoms with Gasteiger partial charge in [0.05, 0.1) is 11.4 Å². The van der Waals surface area contributed by atoms with E-state index in [9.17, 15) is 0 Å². The van der Waals surface area contributed by atoms with Crippen LogP contribution < -0.4 is 0 Å². The average molecular weight is 455 g/mol. The fraction of sp³-hybridized carbons (Fsp3) is 0.0968. The lowest BCUT2D eigenvalue weighted by Crippen LogP contribution is -2.17. The van der Waals surface area contributed by atoms with E-state index >= 15 is 0 Å². The van der Waals surface area contributed by atoms with Crippen LogP contribution in [0.2, 0.25) is 0 Å². The van der Waals surface area contributed by atoms with Gasteiger partial charge >= 0.3 is 0 Å². The highest BCUT2D eigenvalue weighted by Crippen LogP contribution is 2.52. The summed E-state index contributed by atoms with van der Waals surface area (Å²) in [5.74, 6) is 0.778. The number of thiophene rings is 1. The van der Waals surface area contributed by atoms with Crippen LogP contribution in [-0.4, -0.2) is 9.97 Å². The number of fused-ring (bicyclic) bond motifs is 6. The van der Waals surface area contributed by atoms with E-state index in [-0.39, 0.29) is 5.41 Å². The number of rotatable bonds is 2. The van der Waals surface area contributed by atoms with Gasteiger partial charge in [0.25, 0.3) is 0 Å². The second-order valence-corrected chi connectivity index (χ2v) is 10.5. The lowest BCUT2D eigenvalue weighted by Gasteiger charge is -2.24. The molecule has 6 aromatic rings. The van der Waals surface area contributed by atoms with Crippen molar-refractivity contribution in [1.29, 1.82) is 0 Å². The first-order valence-corrected chi connectivity index (χ1v) is 12.4. The molecule has 2 heterocycles. The molecule has 2 aromatic heterocycles. The lowest BCUT2D eigenvalue weighted by atomic mass is 9.80. The van der Waals surface area contributed by atoms with Crippen LogP contribution in [0.15, 0.2) is 97.1 Å². The lowest BCUT2D eigenvalue weighted by molar-refractivity contribution is 0.658. The third kappa shape index (κ3) is 2.68. The smallest absolute Gasteiger partial charge is 0.160 e. The molecule has 4 aromatic carbocycles. The third-order valence-electron chi connectivity index (χ3n) is 7.08. The molecule has 0 unspecified atom stereocenters. The standard InChI is InChI=1S/C31H22N2S/c1-31(2)24-17-8-6-14-22(24)27-26(31)28(33-30(32-27)19-11-4-3-5-12-19)23-16-10-15-21-20-13-7-9-18-25(20)34-29(21)23/h3-18H,1-2H3. The Bertz CT molecular complexity index is 1730. The van der Waals surface area contributed by atoms with E-state index in [1.807, 2.05) is 17.4 Å². The second-order valence-electron chi connectivity index (χ2n) is 9.44. The zero-order valence-electron chi connectivity index (χ0n) is 19.0. The van der Waals surface area contributed by atoms with E-state index in [1.54, 1.807) is 0 Å². The highest BCUT2D eigenvalue weighted by atomic mass is 32.1. The molecule has 0 saturated carbocycles. The van der Waals surface area contributed by atoms with Crippen molar-refractivity contribution >= 4 is 31.5 Å². The maximum Gasteiger partial charge on any atom is 0.160 e. The van der Waals surface area contributed by atoms with Gasteiger partial charge in [-0.3, -0.25) is 0 Å². The van der Waals surface area contributed by atoms with Crippen molar-refractivity contribution in [3.63, 3.8) is 0 Å². The van der Waals surface area contributed by atoms with Gasteiger partial charge in [-0.25, -0.2) is 9.97 Å². The van der Waals surface area contributed by atoms with Crippen molar-refractivity contribution in [3.05, 3.63) is 108 Å². The third-order valence-corrected chi connectivity index (χ3v) is 8.30. The Morgan fingerprint density at radius 3 is 2.12 bits per heavy atom. The van der Waals surface area contributed by atoms with Crippen LogP contribution in [0.1, 0.15) is 25.0 Å². The first-order valence-electron chi connectivity index (χ1n) is 11.6. The van der Waals surface area contributed by atoms with Gasteiger partial charge in [-0.1, -0.05) is 105 Å². The molecule has 1 aliphatic carbocycles. The SMILES string of the molecule is CC1(C)c2ccccc2-c2nc(-c3ccccc3)nc(-c3cccc4c3sc3ccccc34)c21. The highest BCUT2D eigenvalue weighted by molar-refractivity contribution is 7.26. The summed E-state index contributed by atoms with van der Waals surface area (Å²) in [4.78, 5) is 10.4. The van der Waals surface area contributed by atoms with Crippen molar-refractivity contribution in [2.45, 2.75) is 19.3 Å². The number of nitrogens with zero attached hydrogens (tertiary/aromatic N) is 2. The first-order chi connectivity index (χ1) is 16.6. The summed E-state index contributed by atoms with van der Waals surface area (Å²) in [6, 6.07) is 34.3. The monoisotopic (exact) mass is 454 g/mol. The Kier molecular flexibility index (Phi) is 4.09. The number of hydrogen-bond donors (Lipinski definition) is 0. The Hall–Kier alpha value is -3.82. The van der Waals surface area contributed by atoms with Crippen molar-refractivity contribution in [2.24, 2.45) is 0 Å². The quantitative estimate of drug-likeness (QED) is 0.262. The van der Waals surface area contributed by atoms with Gasteiger partial charge in [0, 0.05) is 47.8 Å². The topological polar surface area (TPSA) is 25.8 Å². The number of hydrogen-bond acceptors (Lipinski definition) is 3. The second kappa shape index (κ2) is 7.09. The summed E-state index contributed by atoms with van der Waals surface area (Å²) in [5.41, 5.74) is 7.90. The molecule has 0 atom stereocenters. The molecule has 0 amide bonds. The van der Waals surface area contributed by atoms with E-state index in [1.165, 1.54) is 42.4 Å². The molecule has 3 heteroatoms. The van der Waals surface area contributed by atoms with Gasteiger partial charge in [0.1, 0.15) is 0 Å². The summed E-state index contributed by atoms with van der Waals surface area (Å²) < 4.78 is 2.59. The Balaban J connectivity index is 1.61. The van der Waals surface area contributed by atoms with Crippen LogP contribution in [0, 0.1) is 0 Å². The van der Waals surface area contributed by atoms with Crippen molar-refractivity contribution in [1.82, 2.24) is 9.97 Å². The minimum atomic E-state index is -0.185. The molecule has 0 bridgehead atoms.